The number of aromatic amines is 2. The van der Waals surface area contributed by atoms with Gasteiger partial charge in [0, 0.05) is 86.1 Å². The number of aliphatic hydroxyl groups is 2. The quantitative estimate of drug-likeness (QED) is 0.00969. The lowest BCUT2D eigenvalue weighted by atomic mass is 9.99. The van der Waals surface area contributed by atoms with Crippen molar-refractivity contribution in [1.82, 2.24) is 72.9 Å². The third kappa shape index (κ3) is 31.1. The van der Waals surface area contributed by atoms with Gasteiger partial charge in [-0.25, -0.2) is 0 Å². The Labute approximate surface area is 727 Å². The predicted molar refractivity (Wildman–Crippen MR) is 466 cm³/mol. The number of aliphatic imine (C=N–C) groups is 2. The number of aromatic nitrogens is 2. The third-order valence-electron chi connectivity index (χ3n) is 20.9. The van der Waals surface area contributed by atoms with Crippen molar-refractivity contribution in [1.29, 1.82) is 0 Å². The number of aliphatic hydroxyl groups excluding tert-OH is 2. The zero-order valence-corrected chi connectivity index (χ0v) is 70.9. The van der Waals surface area contributed by atoms with Crippen LogP contribution in [0.15, 0.2) is 119 Å². The van der Waals surface area contributed by atoms with Crippen LogP contribution in [0.2, 0.25) is 0 Å². The Morgan fingerprint density at radius 1 is 0.421 bits per heavy atom. The minimum atomic E-state index is -1.35. The highest BCUT2D eigenvalue weighted by Crippen LogP contribution is 2.26. The number of nitrogens with two attached hydrogens (primary N) is 8. The molecule has 0 unspecified atom stereocenters. The molecule has 0 radical (unpaired) electrons. The molecule has 2 aliphatic rings. The van der Waals surface area contributed by atoms with E-state index in [1.165, 1.54) is 34.1 Å². The number of benzene rings is 4. The summed E-state index contributed by atoms with van der Waals surface area (Å²) in [6.07, 6.45) is 5.55. The Kier molecular flexibility index (Phi) is 38.8. The van der Waals surface area contributed by atoms with E-state index in [2.05, 4.69) is 73.1 Å². The van der Waals surface area contributed by atoms with E-state index in [1.807, 2.05) is 76.2 Å². The molecule has 32 N–H and O–H groups in total. The summed E-state index contributed by atoms with van der Waals surface area (Å²) in [4.78, 5) is 206. The molecule has 42 heteroatoms. The highest BCUT2D eigenvalue weighted by atomic mass is 16.3. The molecule has 8 rings (SSSR count). The van der Waals surface area contributed by atoms with Crippen molar-refractivity contribution >= 4 is 116 Å². The predicted octanol–water partition coefficient (Wildman–Crippen LogP) is -4.78. The molecule has 2 saturated heterocycles. The molecule has 0 saturated carbocycles. The average molecular weight is 1750 g/mol. The molecular weight excluding hydrogens is 1630 g/mol. The number of aromatic hydroxyl groups is 2. The number of hydrogen-bond donors (Lipinski definition) is 24. The van der Waals surface area contributed by atoms with Crippen LogP contribution in [0.3, 0.4) is 0 Å². The number of phenols is 2. The number of rotatable bonds is 46. The topological polar surface area (TPSA) is 711 Å². The summed E-state index contributed by atoms with van der Waals surface area (Å²) in [5.41, 5.74) is 47.9. The van der Waals surface area contributed by atoms with Crippen molar-refractivity contribution in [2.75, 3.05) is 52.5 Å². The molecule has 12 atom stereocenters. The van der Waals surface area contributed by atoms with Gasteiger partial charge in [0.15, 0.2) is 11.9 Å². The van der Waals surface area contributed by atoms with E-state index in [4.69, 9.17) is 45.9 Å². The highest BCUT2D eigenvalue weighted by Gasteiger charge is 2.42. The standard InChI is InChI=1S/2C42H60N12O9/c2*1-23(2)17-31(37(59)50-30(9-5-15-47-42(45)46)41(63)54-16-6-10-34(54)40(62)49-21-35(44)57)52-39(61)33(19-25-20-48-29-8-4-3-7-27(25)29)53-38(60)32(51-36(58)28(43)22-55)18-24-11-13-26(56)14-12-24/h2*3-4,7-8,11-14,20,23,28,30-34,48,55-56H,5-6,9-10,15-19,21-22,43H2,1-2H3,(H2,44,57)(H,49,62)(H,50,59)(H,51,58)(H,52,61)(H,53,60)(H4,45,46,47)/t2*28-,30-,31+,32+,33-,34-/m00/s1. The molecule has 6 aromatic rings. The van der Waals surface area contributed by atoms with Crippen LogP contribution in [-0.2, 0) is 92.8 Å². The second kappa shape index (κ2) is 49.1. The Morgan fingerprint density at radius 3 is 1.06 bits per heavy atom. The van der Waals surface area contributed by atoms with Crippen LogP contribution in [-0.4, -0.2) is 260 Å². The average Bonchev–Trinajstić information content (AvgIpc) is 1.63. The van der Waals surface area contributed by atoms with Crippen molar-refractivity contribution in [3.8, 4) is 11.5 Å². The van der Waals surface area contributed by atoms with Gasteiger partial charge in [-0.15, -0.1) is 0 Å². The van der Waals surface area contributed by atoms with Crippen LogP contribution in [0.25, 0.3) is 21.8 Å². The van der Waals surface area contributed by atoms with E-state index in [0.29, 0.717) is 47.9 Å². The number of guanidine groups is 2. The van der Waals surface area contributed by atoms with Crippen molar-refractivity contribution < 1.29 is 87.5 Å². The molecule has 4 aromatic carbocycles. The van der Waals surface area contributed by atoms with Gasteiger partial charge >= 0.3 is 0 Å². The maximum absolute atomic E-state index is 14.5. The number of primary amides is 2. The van der Waals surface area contributed by atoms with Crippen LogP contribution in [0.1, 0.15) is 114 Å². The summed E-state index contributed by atoms with van der Waals surface area (Å²) < 4.78 is 0. The number of carbonyl (C=O) groups is 14. The summed E-state index contributed by atoms with van der Waals surface area (Å²) >= 11 is 0. The maximum atomic E-state index is 14.5. The van der Waals surface area contributed by atoms with Crippen molar-refractivity contribution in [2.24, 2.45) is 67.7 Å². The molecule has 2 aliphatic heterocycles. The van der Waals surface area contributed by atoms with Crippen LogP contribution < -0.4 is 99.0 Å². The van der Waals surface area contributed by atoms with Gasteiger partial charge in [0.1, 0.15) is 84.0 Å². The molecule has 2 aromatic heterocycles. The summed E-state index contributed by atoms with van der Waals surface area (Å²) in [5.74, 6) is -10.6. The minimum absolute atomic E-state index is 0.0205. The number of H-pyrrole nitrogens is 2. The Morgan fingerprint density at radius 2 is 0.730 bits per heavy atom. The van der Waals surface area contributed by atoms with Gasteiger partial charge in [-0.05, 0) is 135 Å². The largest absolute Gasteiger partial charge is 0.508 e. The smallest absolute Gasteiger partial charge is 0.245 e. The van der Waals surface area contributed by atoms with E-state index >= 15 is 0 Å². The maximum Gasteiger partial charge on any atom is 0.245 e. The summed E-state index contributed by atoms with van der Waals surface area (Å²) in [5, 5.41) is 66.9. The number of para-hydroxylation sites is 2. The molecule has 0 spiro atoms. The zero-order valence-electron chi connectivity index (χ0n) is 70.9. The van der Waals surface area contributed by atoms with Gasteiger partial charge in [-0.2, -0.15) is 0 Å². The molecule has 2 fully saturated rings. The highest BCUT2D eigenvalue weighted by molar-refractivity contribution is 6.00. The molecule has 126 heavy (non-hydrogen) atoms. The lowest BCUT2D eigenvalue weighted by Gasteiger charge is -2.30. The molecule has 14 amide bonds. The Balaban J connectivity index is 0.000000346. The van der Waals surface area contributed by atoms with Gasteiger partial charge < -0.3 is 139 Å². The number of nitrogens with one attached hydrogen (secondary N) is 12. The molecule has 684 valence electrons. The van der Waals surface area contributed by atoms with Gasteiger partial charge in [-0.3, -0.25) is 77.1 Å². The zero-order chi connectivity index (χ0) is 92.4. The number of amides is 14. The fraction of sp³-hybridized carbons (Fsp3) is 0.476. The molecule has 0 aliphatic carbocycles. The number of nitrogens with zero attached hydrogens (tertiary/aromatic N) is 4. The van der Waals surface area contributed by atoms with E-state index in [9.17, 15) is 87.5 Å². The van der Waals surface area contributed by atoms with E-state index in [1.54, 1.807) is 36.7 Å². The van der Waals surface area contributed by atoms with Crippen LogP contribution in [0, 0.1) is 11.8 Å². The number of carbonyl (C=O) groups excluding carboxylic acids is 14. The fourth-order valence-electron chi connectivity index (χ4n) is 14.5. The monoisotopic (exact) mass is 1750 g/mol. The first-order valence-electron chi connectivity index (χ1n) is 41.6. The van der Waals surface area contributed by atoms with Crippen LogP contribution in [0.5, 0.6) is 11.5 Å². The van der Waals surface area contributed by atoms with E-state index < -0.39 is 182 Å². The first kappa shape index (κ1) is 99.6. The number of phenolic OH excluding ortho intramolecular Hbond substituents is 2. The number of fused-ring (bicyclic) bond motifs is 2. The molecular formula is C84H120N24O18. The lowest BCUT2D eigenvalue weighted by molar-refractivity contribution is -0.142. The van der Waals surface area contributed by atoms with Crippen molar-refractivity contribution in [2.45, 2.75) is 190 Å². The summed E-state index contributed by atoms with van der Waals surface area (Å²) in [7, 11) is 0. The van der Waals surface area contributed by atoms with E-state index in [0.717, 1.165) is 21.8 Å². The SMILES string of the molecule is CC(C)C[C@@H](NC(=O)[C@H](Cc1c[nH]c2ccccc12)NC(=O)[C@@H](Cc1ccc(O)cc1)NC(=O)[C@@H](N)CO)C(=O)N[C@@H](CCCN=C(N)N)C(=O)N1CCC[C@H]1C(=O)NCC(N)=O.CC(C)C[C@@H](NC(=O)[C@H](Cc1c[nH]c2ccccc12)NC(=O)[C@@H](Cc1ccc(O)cc1)NC(=O)[C@@H](N)CO)C(=O)N[C@@H](CCCN=C(N)N)C(=O)N1CCC[C@H]1C(=O)NCC(N)=O. The van der Waals surface area contributed by atoms with Crippen molar-refractivity contribution in [3.05, 3.63) is 132 Å². The number of hydrogen-bond acceptors (Lipinski definition) is 22. The second-order valence-electron chi connectivity index (χ2n) is 31.8. The third-order valence-corrected chi connectivity index (χ3v) is 20.9. The van der Waals surface area contributed by atoms with E-state index in [-0.39, 0.29) is 126 Å². The Hall–Kier alpha value is -13.5. The van der Waals surface area contributed by atoms with Gasteiger partial charge in [0.2, 0.25) is 82.7 Å². The second-order valence-corrected chi connectivity index (χ2v) is 31.8. The molecule has 4 heterocycles. The van der Waals surface area contributed by atoms with Crippen LogP contribution in [0.4, 0.5) is 0 Å². The van der Waals surface area contributed by atoms with Gasteiger partial charge in [0.05, 0.1) is 26.3 Å². The van der Waals surface area contributed by atoms with Gasteiger partial charge in [-0.1, -0.05) is 88.4 Å². The van der Waals surface area contributed by atoms with Crippen molar-refractivity contribution in [3.63, 3.8) is 0 Å². The lowest BCUT2D eigenvalue weighted by Crippen LogP contribution is -2.60. The summed E-state index contributed by atoms with van der Waals surface area (Å²) in [6.45, 7) is 5.79. The van der Waals surface area contributed by atoms with Gasteiger partial charge in [0.25, 0.3) is 0 Å². The summed E-state index contributed by atoms with van der Waals surface area (Å²) in [6, 6.07) is 11.9. The van der Waals surface area contributed by atoms with Crippen LogP contribution >= 0.6 is 0 Å². The molecule has 42 nitrogen and oxygen atoms in total. The fourth-order valence-corrected chi connectivity index (χ4v) is 14.5. The first-order valence-corrected chi connectivity index (χ1v) is 41.6. The normalized spacial score (nSPS) is 16.0. The minimum Gasteiger partial charge on any atom is -0.508 e. The number of likely N-dealkylation sites (tertiary alicyclic amines) is 2. The molecule has 0 bridgehead atoms. The first-order chi connectivity index (χ1) is 59.9. The Bertz CT molecular complexity index is 4500.